The number of hydrogen-bond acceptors (Lipinski definition) is 3. The molecule has 4 nitrogen and oxygen atoms in total. The molecule has 1 rings (SSSR count). The summed E-state index contributed by atoms with van der Waals surface area (Å²) in [7, 11) is 0. The lowest BCUT2D eigenvalue weighted by Gasteiger charge is -2.22. The van der Waals surface area contributed by atoms with Crippen molar-refractivity contribution >= 4 is 6.09 Å². The standard InChI is InChI=1S/C13H21NO3/c1-6-10(11-7-9(2)8-16-11)14-12(15)17-13(3,4)5/h7-8,10H,6H2,1-5H3,(H,14,15). The Morgan fingerprint density at radius 2 is 2.18 bits per heavy atom. The lowest BCUT2D eigenvalue weighted by Crippen LogP contribution is -2.34. The van der Waals surface area contributed by atoms with Gasteiger partial charge in [-0.05, 0) is 45.7 Å². The van der Waals surface area contributed by atoms with Crippen LogP contribution in [-0.2, 0) is 4.74 Å². The van der Waals surface area contributed by atoms with Gasteiger partial charge in [0.25, 0.3) is 0 Å². The average Bonchev–Trinajstić information content (AvgIpc) is 2.58. The average molecular weight is 239 g/mol. The van der Waals surface area contributed by atoms with E-state index in [0.29, 0.717) is 0 Å². The summed E-state index contributed by atoms with van der Waals surface area (Å²) in [6.07, 6.45) is 2.01. The molecule has 0 bridgehead atoms. The van der Waals surface area contributed by atoms with Gasteiger partial charge in [0.2, 0.25) is 0 Å². The number of furan rings is 1. The zero-order valence-corrected chi connectivity index (χ0v) is 11.2. The van der Waals surface area contributed by atoms with Gasteiger partial charge >= 0.3 is 6.09 Å². The minimum absolute atomic E-state index is 0.140. The Bertz CT molecular complexity index is 376. The molecule has 1 aromatic rings. The molecule has 0 aromatic carbocycles. The Hall–Kier alpha value is -1.45. The monoisotopic (exact) mass is 239 g/mol. The van der Waals surface area contributed by atoms with Gasteiger partial charge in [-0.15, -0.1) is 0 Å². The van der Waals surface area contributed by atoms with Crippen LogP contribution >= 0.6 is 0 Å². The number of amides is 1. The van der Waals surface area contributed by atoms with Crippen molar-refractivity contribution in [3.63, 3.8) is 0 Å². The van der Waals surface area contributed by atoms with E-state index < -0.39 is 11.7 Å². The van der Waals surface area contributed by atoms with E-state index >= 15 is 0 Å². The molecule has 17 heavy (non-hydrogen) atoms. The summed E-state index contributed by atoms with van der Waals surface area (Å²) in [5.74, 6) is 0.760. The van der Waals surface area contributed by atoms with Gasteiger partial charge in [-0.25, -0.2) is 4.79 Å². The van der Waals surface area contributed by atoms with Crippen molar-refractivity contribution < 1.29 is 13.9 Å². The van der Waals surface area contributed by atoms with Crippen LogP contribution in [0.2, 0.25) is 0 Å². The number of hydrogen-bond donors (Lipinski definition) is 1. The SMILES string of the molecule is CCC(NC(=O)OC(C)(C)C)c1cc(C)co1. The van der Waals surface area contributed by atoms with E-state index in [1.165, 1.54) is 0 Å². The first kappa shape index (κ1) is 13.6. The summed E-state index contributed by atoms with van der Waals surface area (Å²) in [5.41, 5.74) is 0.561. The highest BCUT2D eigenvalue weighted by Gasteiger charge is 2.21. The van der Waals surface area contributed by atoms with E-state index in [-0.39, 0.29) is 6.04 Å². The maximum absolute atomic E-state index is 11.6. The zero-order valence-electron chi connectivity index (χ0n) is 11.2. The number of rotatable bonds is 3. The molecule has 0 saturated carbocycles. The van der Waals surface area contributed by atoms with E-state index in [1.54, 1.807) is 6.26 Å². The first-order valence-corrected chi connectivity index (χ1v) is 5.86. The predicted molar refractivity (Wildman–Crippen MR) is 65.8 cm³/mol. The topological polar surface area (TPSA) is 51.5 Å². The Labute approximate surface area is 102 Å². The minimum atomic E-state index is -0.485. The van der Waals surface area contributed by atoms with Gasteiger partial charge in [0.1, 0.15) is 11.4 Å². The second-order valence-corrected chi connectivity index (χ2v) is 5.13. The summed E-state index contributed by atoms with van der Waals surface area (Å²) in [6, 6.07) is 1.78. The molecule has 1 aromatic heterocycles. The molecule has 96 valence electrons. The van der Waals surface area contributed by atoms with Crippen molar-refractivity contribution in [3.8, 4) is 0 Å². The summed E-state index contributed by atoms with van der Waals surface area (Å²) in [5, 5.41) is 2.80. The van der Waals surface area contributed by atoms with Gasteiger partial charge < -0.3 is 14.5 Å². The number of ether oxygens (including phenoxy) is 1. The molecule has 0 aliphatic rings. The lowest BCUT2D eigenvalue weighted by molar-refractivity contribution is 0.0496. The molecule has 0 aliphatic heterocycles. The van der Waals surface area contributed by atoms with Crippen LogP contribution in [0.4, 0.5) is 4.79 Å². The van der Waals surface area contributed by atoms with E-state index in [2.05, 4.69) is 5.32 Å². The van der Waals surface area contributed by atoms with Crippen molar-refractivity contribution in [2.75, 3.05) is 0 Å². The second-order valence-electron chi connectivity index (χ2n) is 5.13. The number of aryl methyl sites for hydroxylation is 1. The molecule has 0 fully saturated rings. The highest BCUT2D eigenvalue weighted by Crippen LogP contribution is 2.19. The van der Waals surface area contributed by atoms with Crippen LogP contribution in [0.1, 0.15) is 51.5 Å². The third-order valence-electron chi connectivity index (χ3n) is 2.19. The van der Waals surface area contributed by atoms with Gasteiger partial charge in [0.15, 0.2) is 0 Å². The van der Waals surface area contributed by atoms with Crippen molar-refractivity contribution in [2.45, 2.75) is 52.7 Å². The molecule has 0 saturated heterocycles. The summed E-state index contributed by atoms with van der Waals surface area (Å²) in [4.78, 5) is 11.6. The Morgan fingerprint density at radius 1 is 1.53 bits per heavy atom. The molecule has 1 N–H and O–H groups in total. The quantitative estimate of drug-likeness (QED) is 0.877. The molecule has 1 amide bonds. The van der Waals surface area contributed by atoms with Crippen molar-refractivity contribution in [2.24, 2.45) is 0 Å². The van der Waals surface area contributed by atoms with Crippen LogP contribution in [0.5, 0.6) is 0 Å². The molecule has 1 heterocycles. The summed E-state index contributed by atoms with van der Waals surface area (Å²) in [6.45, 7) is 9.45. The molecule has 1 unspecified atom stereocenters. The summed E-state index contributed by atoms with van der Waals surface area (Å²) >= 11 is 0. The Kier molecular flexibility index (Phi) is 4.21. The van der Waals surface area contributed by atoms with Crippen LogP contribution in [0.15, 0.2) is 16.7 Å². The predicted octanol–water partition coefficient (Wildman–Crippen LogP) is 3.56. The van der Waals surface area contributed by atoms with Crippen LogP contribution in [0.25, 0.3) is 0 Å². The molecule has 4 heteroatoms. The molecule has 0 spiro atoms. The maximum Gasteiger partial charge on any atom is 0.408 e. The van der Waals surface area contributed by atoms with E-state index in [9.17, 15) is 4.79 Å². The number of alkyl carbamates (subject to hydrolysis) is 1. The van der Waals surface area contributed by atoms with Gasteiger partial charge in [-0.1, -0.05) is 6.92 Å². The van der Waals surface area contributed by atoms with Crippen molar-refractivity contribution in [1.29, 1.82) is 0 Å². The van der Waals surface area contributed by atoms with Crippen LogP contribution in [0.3, 0.4) is 0 Å². The Balaban J connectivity index is 2.62. The minimum Gasteiger partial charge on any atom is -0.467 e. The molecule has 1 atom stereocenters. The number of nitrogens with one attached hydrogen (secondary N) is 1. The molecule has 0 radical (unpaired) electrons. The molecule has 0 aliphatic carbocycles. The van der Waals surface area contributed by atoms with Crippen LogP contribution < -0.4 is 5.32 Å². The van der Waals surface area contributed by atoms with Gasteiger partial charge in [0, 0.05) is 0 Å². The summed E-state index contributed by atoms with van der Waals surface area (Å²) < 4.78 is 10.6. The Morgan fingerprint density at radius 3 is 2.59 bits per heavy atom. The van der Waals surface area contributed by atoms with Gasteiger partial charge in [-0.2, -0.15) is 0 Å². The number of carbonyl (C=O) groups excluding carboxylic acids is 1. The van der Waals surface area contributed by atoms with E-state index in [1.807, 2.05) is 40.7 Å². The first-order valence-electron chi connectivity index (χ1n) is 5.86. The fraction of sp³-hybridized carbons (Fsp3) is 0.615. The normalized spacial score (nSPS) is 13.2. The van der Waals surface area contributed by atoms with Crippen LogP contribution in [-0.4, -0.2) is 11.7 Å². The third-order valence-corrected chi connectivity index (χ3v) is 2.19. The first-order chi connectivity index (χ1) is 7.81. The largest absolute Gasteiger partial charge is 0.467 e. The smallest absolute Gasteiger partial charge is 0.408 e. The van der Waals surface area contributed by atoms with Crippen molar-refractivity contribution in [3.05, 3.63) is 23.7 Å². The van der Waals surface area contributed by atoms with Crippen LogP contribution in [0, 0.1) is 6.92 Å². The fourth-order valence-corrected chi connectivity index (χ4v) is 1.46. The highest BCUT2D eigenvalue weighted by atomic mass is 16.6. The molecular formula is C13H21NO3. The fourth-order valence-electron chi connectivity index (χ4n) is 1.46. The van der Waals surface area contributed by atoms with E-state index in [4.69, 9.17) is 9.15 Å². The second kappa shape index (κ2) is 5.25. The molecular weight excluding hydrogens is 218 g/mol. The highest BCUT2D eigenvalue weighted by molar-refractivity contribution is 5.68. The maximum atomic E-state index is 11.6. The van der Waals surface area contributed by atoms with Gasteiger partial charge in [0.05, 0.1) is 12.3 Å². The third kappa shape index (κ3) is 4.51. The van der Waals surface area contributed by atoms with E-state index in [0.717, 1.165) is 17.7 Å². The van der Waals surface area contributed by atoms with Gasteiger partial charge in [-0.3, -0.25) is 0 Å². The number of carbonyl (C=O) groups is 1. The van der Waals surface area contributed by atoms with Crippen molar-refractivity contribution in [1.82, 2.24) is 5.32 Å². The lowest BCUT2D eigenvalue weighted by atomic mass is 10.1. The zero-order chi connectivity index (χ0) is 13.1.